The summed E-state index contributed by atoms with van der Waals surface area (Å²) in [6.07, 6.45) is -0.357. The summed E-state index contributed by atoms with van der Waals surface area (Å²) >= 11 is 12.8. The lowest BCUT2D eigenvalue weighted by Crippen LogP contribution is -2.55. The number of ether oxygens (including phenoxy) is 1. The van der Waals surface area contributed by atoms with Gasteiger partial charge in [-0.3, -0.25) is 0 Å². The number of hydrogen-bond donors (Lipinski definition) is 0. The number of anilines is 1. The van der Waals surface area contributed by atoms with Crippen LogP contribution in [0.2, 0.25) is 10.2 Å². The Morgan fingerprint density at radius 3 is 2.49 bits per heavy atom. The zero-order chi connectivity index (χ0) is 27.2. The van der Waals surface area contributed by atoms with Crippen LogP contribution in [-0.4, -0.2) is 56.8 Å². The van der Waals surface area contributed by atoms with Crippen molar-refractivity contribution in [2.75, 3.05) is 24.5 Å². The average molecular weight is 546 g/mol. The molecule has 0 saturated carbocycles. The highest BCUT2D eigenvalue weighted by Crippen LogP contribution is 2.34. The number of halogens is 2. The third-order valence-electron chi connectivity index (χ3n) is 6.42. The Morgan fingerprint density at radius 2 is 1.86 bits per heavy atom. The fourth-order valence-corrected chi connectivity index (χ4v) is 5.01. The first kappa shape index (κ1) is 27.2. The maximum atomic E-state index is 13.7. The molecule has 4 rings (SSSR count). The largest absolute Gasteiger partial charge is 0.444 e. The summed E-state index contributed by atoms with van der Waals surface area (Å²) in [5.41, 5.74) is 2.04. The van der Waals surface area contributed by atoms with E-state index in [0.29, 0.717) is 36.5 Å². The maximum Gasteiger partial charge on any atom is 0.410 e. The van der Waals surface area contributed by atoms with Gasteiger partial charge < -0.3 is 14.5 Å². The van der Waals surface area contributed by atoms with Crippen LogP contribution in [0.25, 0.3) is 16.7 Å². The lowest BCUT2D eigenvalue weighted by Gasteiger charge is -2.41. The molecule has 1 aliphatic rings. The highest BCUT2D eigenvalue weighted by atomic mass is 35.5. The number of aromatic nitrogens is 3. The Balaban J connectivity index is 1.85. The molecule has 1 amide bonds. The SMILES string of the molecule is Cc1cccc(C(C)C)c1-n1c(=O)nc(N2CCN(C(=O)OC(C)(C)C)C[C@@H]2C)c2cc(Cl)c(Cl)nc21. The fraction of sp³-hybridized carbons (Fsp3) is 0.481. The molecule has 0 spiro atoms. The molecule has 1 atom stereocenters. The van der Waals surface area contributed by atoms with Crippen molar-refractivity contribution in [3.63, 3.8) is 0 Å². The summed E-state index contributed by atoms with van der Waals surface area (Å²) in [6.45, 7) is 15.0. The lowest BCUT2D eigenvalue weighted by molar-refractivity contribution is 0.0218. The monoisotopic (exact) mass is 545 g/mol. The number of fused-ring (bicyclic) bond motifs is 1. The van der Waals surface area contributed by atoms with Crippen LogP contribution in [0, 0.1) is 6.92 Å². The smallest absolute Gasteiger partial charge is 0.410 e. The van der Waals surface area contributed by atoms with E-state index >= 15 is 0 Å². The van der Waals surface area contributed by atoms with E-state index in [-0.39, 0.29) is 28.2 Å². The first-order valence-corrected chi connectivity index (χ1v) is 13.2. The van der Waals surface area contributed by atoms with Gasteiger partial charge in [-0.2, -0.15) is 4.98 Å². The predicted molar refractivity (Wildman–Crippen MR) is 149 cm³/mol. The molecule has 2 aromatic heterocycles. The van der Waals surface area contributed by atoms with E-state index in [1.54, 1.807) is 11.0 Å². The van der Waals surface area contributed by atoms with Gasteiger partial charge in [0.25, 0.3) is 0 Å². The van der Waals surface area contributed by atoms with Gasteiger partial charge in [-0.25, -0.2) is 19.1 Å². The predicted octanol–water partition coefficient (Wildman–Crippen LogP) is 5.96. The van der Waals surface area contributed by atoms with Crippen molar-refractivity contribution in [2.24, 2.45) is 0 Å². The molecule has 1 fully saturated rings. The van der Waals surface area contributed by atoms with Crippen molar-refractivity contribution in [1.82, 2.24) is 19.4 Å². The first-order valence-electron chi connectivity index (χ1n) is 12.4. The van der Waals surface area contributed by atoms with Crippen molar-refractivity contribution in [3.8, 4) is 5.69 Å². The number of rotatable bonds is 3. The van der Waals surface area contributed by atoms with Crippen LogP contribution in [0.15, 0.2) is 29.1 Å². The van der Waals surface area contributed by atoms with E-state index in [9.17, 15) is 9.59 Å². The molecule has 0 unspecified atom stereocenters. The quantitative estimate of drug-likeness (QED) is 0.377. The molecular formula is C27H33Cl2N5O3. The number of nitrogens with zero attached hydrogens (tertiary/aromatic N) is 5. The van der Waals surface area contributed by atoms with E-state index in [1.807, 2.05) is 57.7 Å². The van der Waals surface area contributed by atoms with Gasteiger partial charge in [0, 0.05) is 25.7 Å². The van der Waals surface area contributed by atoms with Crippen LogP contribution in [0.3, 0.4) is 0 Å². The molecule has 37 heavy (non-hydrogen) atoms. The highest BCUT2D eigenvalue weighted by Gasteiger charge is 2.32. The molecule has 0 N–H and O–H groups in total. The Morgan fingerprint density at radius 1 is 1.16 bits per heavy atom. The number of carbonyl (C=O) groups is 1. The molecule has 3 aromatic rings. The number of para-hydroxylation sites is 1. The summed E-state index contributed by atoms with van der Waals surface area (Å²) in [5, 5.41) is 1.00. The lowest BCUT2D eigenvalue weighted by atomic mass is 9.98. The number of amides is 1. The third-order valence-corrected chi connectivity index (χ3v) is 7.10. The third kappa shape index (κ3) is 5.41. The van der Waals surface area contributed by atoms with Gasteiger partial charge >= 0.3 is 11.8 Å². The second kappa shape index (κ2) is 10.1. The Labute approximate surface area is 227 Å². The minimum absolute atomic E-state index is 0.113. The van der Waals surface area contributed by atoms with Crippen molar-refractivity contribution in [2.45, 2.75) is 66.0 Å². The molecule has 8 nitrogen and oxygen atoms in total. The van der Waals surface area contributed by atoms with E-state index in [0.717, 1.165) is 16.8 Å². The average Bonchev–Trinajstić information content (AvgIpc) is 2.79. The Kier molecular flexibility index (Phi) is 7.45. The van der Waals surface area contributed by atoms with Crippen LogP contribution in [0.1, 0.15) is 58.6 Å². The van der Waals surface area contributed by atoms with Crippen molar-refractivity contribution >= 4 is 46.1 Å². The number of pyridine rings is 1. The molecule has 1 saturated heterocycles. The van der Waals surface area contributed by atoms with Crippen LogP contribution in [0.5, 0.6) is 0 Å². The van der Waals surface area contributed by atoms with Crippen molar-refractivity contribution in [1.29, 1.82) is 0 Å². The summed E-state index contributed by atoms with van der Waals surface area (Å²) in [4.78, 5) is 39.1. The van der Waals surface area contributed by atoms with Crippen LogP contribution in [-0.2, 0) is 4.74 Å². The van der Waals surface area contributed by atoms with Gasteiger partial charge in [0.2, 0.25) is 0 Å². The zero-order valence-corrected chi connectivity index (χ0v) is 23.8. The van der Waals surface area contributed by atoms with Gasteiger partial charge in [-0.1, -0.05) is 55.2 Å². The minimum Gasteiger partial charge on any atom is -0.444 e. The molecule has 0 aliphatic carbocycles. The van der Waals surface area contributed by atoms with E-state index in [1.165, 1.54) is 4.57 Å². The normalized spacial score (nSPS) is 16.5. The van der Waals surface area contributed by atoms with Crippen LogP contribution < -0.4 is 10.6 Å². The first-order chi connectivity index (χ1) is 17.3. The Bertz CT molecular complexity index is 1410. The summed E-state index contributed by atoms with van der Waals surface area (Å²) in [5.74, 6) is 0.638. The standard InChI is InChI=1S/C27H33Cl2N5O3/c1-15(2)18-10-8-9-16(3)21(18)34-24-19(13-20(28)22(29)30-24)23(31-25(34)35)33-12-11-32(14-17(33)4)26(36)37-27(5,6)7/h8-10,13,15,17H,11-12,14H2,1-7H3/t17-/m0/s1. The summed E-state index contributed by atoms with van der Waals surface area (Å²) in [7, 11) is 0. The molecule has 1 aromatic carbocycles. The van der Waals surface area contributed by atoms with E-state index < -0.39 is 11.3 Å². The van der Waals surface area contributed by atoms with Crippen molar-refractivity contribution in [3.05, 3.63) is 56.1 Å². The van der Waals surface area contributed by atoms with Gasteiger partial charge in [0.05, 0.1) is 16.1 Å². The van der Waals surface area contributed by atoms with Gasteiger partial charge in [-0.05, 0) is 57.7 Å². The molecule has 198 valence electrons. The molecule has 0 radical (unpaired) electrons. The molecule has 3 heterocycles. The van der Waals surface area contributed by atoms with E-state index in [2.05, 4.69) is 23.8 Å². The topological polar surface area (TPSA) is 80.6 Å². The fourth-order valence-electron chi connectivity index (χ4n) is 4.72. The molecule has 10 heteroatoms. The van der Waals surface area contributed by atoms with Crippen molar-refractivity contribution < 1.29 is 9.53 Å². The second-order valence-electron chi connectivity index (χ2n) is 10.8. The highest BCUT2D eigenvalue weighted by molar-refractivity contribution is 6.41. The summed E-state index contributed by atoms with van der Waals surface area (Å²) < 4.78 is 7.08. The minimum atomic E-state index is -0.578. The number of aryl methyl sites for hydroxylation is 1. The zero-order valence-electron chi connectivity index (χ0n) is 22.3. The maximum absolute atomic E-state index is 13.7. The second-order valence-corrected chi connectivity index (χ2v) is 11.6. The number of carbonyl (C=O) groups excluding carboxylic acids is 1. The number of piperazine rings is 1. The molecule has 1 aliphatic heterocycles. The molecule has 0 bridgehead atoms. The van der Waals surface area contributed by atoms with Crippen LogP contribution in [0.4, 0.5) is 10.6 Å². The molecular weight excluding hydrogens is 513 g/mol. The van der Waals surface area contributed by atoms with Gasteiger partial charge in [-0.15, -0.1) is 0 Å². The van der Waals surface area contributed by atoms with E-state index in [4.69, 9.17) is 27.9 Å². The van der Waals surface area contributed by atoms with Gasteiger partial charge in [0.15, 0.2) is 5.65 Å². The number of hydrogen-bond acceptors (Lipinski definition) is 6. The van der Waals surface area contributed by atoms with Gasteiger partial charge in [0.1, 0.15) is 16.6 Å². The number of benzene rings is 1. The Hall–Kier alpha value is -2.84. The summed E-state index contributed by atoms with van der Waals surface area (Å²) in [6, 6.07) is 7.53. The van der Waals surface area contributed by atoms with Crippen LogP contribution >= 0.6 is 23.2 Å².